The van der Waals surface area contributed by atoms with Gasteiger partial charge in [-0.05, 0) is 84.3 Å². The highest BCUT2D eigenvalue weighted by Gasteiger charge is 2.31. The molecule has 4 amide bonds. The predicted octanol–water partition coefficient (Wildman–Crippen LogP) is 10.6. The monoisotopic (exact) mass is 1060 g/mol. The number of aromatic nitrogens is 8. The van der Waals surface area contributed by atoms with Gasteiger partial charge in [-0.1, -0.05) is 82.5 Å². The molecule has 0 radical (unpaired) electrons. The van der Waals surface area contributed by atoms with Gasteiger partial charge in [-0.15, -0.1) is 86.1 Å². The van der Waals surface area contributed by atoms with E-state index in [4.69, 9.17) is 0 Å². The average molecular weight is 1060 g/mol. The van der Waals surface area contributed by atoms with E-state index in [1.807, 2.05) is 70.1 Å². The average Bonchev–Trinajstić information content (AvgIpc) is 4.17. The Balaban J connectivity index is 0.000000170. The first-order chi connectivity index (χ1) is 33.2. The quantitative estimate of drug-likeness (QED) is 0.0710. The summed E-state index contributed by atoms with van der Waals surface area (Å²) in [6.07, 6.45) is 9.50. The van der Waals surface area contributed by atoms with Gasteiger partial charge in [0.1, 0.15) is 20.0 Å². The molecule has 10 rings (SSSR count). The van der Waals surface area contributed by atoms with Crippen molar-refractivity contribution in [3.8, 4) is 0 Å². The largest absolute Gasteiger partial charge is 0.300 e. The summed E-state index contributed by atoms with van der Waals surface area (Å²) in [6.45, 7) is 0. The molecule has 0 bridgehead atoms. The summed E-state index contributed by atoms with van der Waals surface area (Å²) in [6, 6.07) is 15.6. The highest BCUT2D eigenvalue weighted by Crippen LogP contribution is 2.45. The highest BCUT2D eigenvalue weighted by molar-refractivity contribution is 7.16. The van der Waals surface area contributed by atoms with Crippen LogP contribution in [0.4, 0.5) is 20.5 Å². The second-order valence-electron chi connectivity index (χ2n) is 16.1. The minimum atomic E-state index is -0.0748. The molecule has 4 atom stereocenters. The molecule has 352 valence electrons. The lowest BCUT2D eigenvalue weighted by atomic mass is 9.82. The fraction of sp³-hybridized carbons (Fsp3) is 0.364. The second-order valence-corrected chi connectivity index (χ2v) is 24.3. The number of thiophene rings is 4. The van der Waals surface area contributed by atoms with E-state index in [1.54, 1.807) is 45.3 Å². The normalized spacial score (nSPS) is 18.0. The first-order valence-corrected chi connectivity index (χ1v) is 28.7. The fourth-order valence-electron chi connectivity index (χ4n) is 8.02. The summed E-state index contributed by atoms with van der Waals surface area (Å²) in [4.78, 5) is 53.1. The van der Waals surface area contributed by atoms with E-state index in [1.165, 1.54) is 45.3 Å². The van der Waals surface area contributed by atoms with E-state index in [-0.39, 0.29) is 47.3 Å². The smallest absolute Gasteiger partial charge is 0.231 e. The van der Waals surface area contributed by atoms with Crippen LogP contribution >= 0.6 is 90.7 Å². The van der Waals surface area contributed by atoms with Crippen LogP contribution < -0.4 is 21.3 Å². The maximum Gasteiger partial charge on any atom is 0.231 e. The molecular weight excluding hydrogens is 1020 g/mol. The highest BCUT2D eigenvalue weighted by atomic mass is 32.1. The SMILES string of the molecule is O=C(Cc1cccs1)Nc1nnc([C@@H]2CCC[C@@H](c3nnc(NC(=O)Cc4cccs4)s3)C2)s1.O=C(Cc1cccs1)Nc1nnc([C@H]2CCC[C@H](c3nnc(NC(=O)Cc4cccs4)s3)C2)s1. The van der Waals surface area contributed by atoms with Gasteiger partial charge in [0.25, 0.3) is 0 Å². The van der Waals surface area contributed by atoms with Crippen molar-refractivity contribution in [1.82, 2.24) is 40.8 Å². The minimum absolute atomic E-state index is 0.0748. The van der Waals surface area contributed by atoms with Crippen molar-refractivity contribution in [3.05, 3.63) is 110 Å². The van der Waals surface area contributed by atoms with Crippen LogP contribution in [0.5, 0.6) is 0 Å². The molecular formula is C44H44N12O4S8. The van der Waals surface area contributed by atoms with Crippen molar-refractivity contribution < 1.29 is 19.2 Å². The van der Waals surface area contributed by atoms with E-state index >= 15 is 0 Å². The Morgan fingerprint density at radius 2 is 0.647 bits per heavy atom. The number of hydrogen-bond acceptors (Lipinski definition) is 20. The molecule has 0 aromatic carbocycles. The van der Waals surface area contributed by atoms with Crippen LogP contribution in [-0.4, -0.2) is 64.4 Å². The van der Waals surface area contributed by atoms with Crippen LogP contribution in [0.1, 0.15) is 115 Å². The minimum Gasteiger partial charge on any atom is -0.300 e. The van der Waals surface area contributed by atoms with Crippen LogP contribution in [0.25, 0.3) is 0 Å². The number of rotatable bonds is 16. The van der Waals surface area contributed by atoms with Crippen LogP contribution in [0, 0.1) is 0 Å². The van der Waals surface area contributed by atoms with Gasteiger partial charge in [-0.2, -0.15) is 0 Å². The molecule has 0 unspecified atom stereocenters. The van der Waals surface area contributed by atoms with Crippen LogP contribution in [-0.2, 0) is 44.9 Å². The number of carbonyl (C=O) groups is 4. The third-order valence-corrected chi connectivity index (χ3v) is 18.7. The standard InChI is InChI=1S/2C22H22N6O2S4/c2*29-17(11-15-6-2-8-31-15)23-21-27-25-19(33-21)13-4-1-5-14(10-13)20-26-28-22(34-20)24-18(30)12-16-7-3-9-32-16/h2*2-3,6-9,13-14H,1,4-5,10-12H2,(H,23,27,29)(H,24,28,30)/t2*13-,14-/m10/s1. The van der Waals surface area contributed by atoms with Crippen molar-refractivity contribution >= 4 is 135 Å². The van der Waals surface area contributed by atoms with Gasteiger partial charge in [0.2, 0.25) is 44.2 Å². The molecule has 24 heteroatoms. The first-order valence-electron chi connectivity index (χ1n) is 21.9. The van der Waals surface area contributed by atoms with E-state index in [0.717, 1.165) is 90.9 Å². The molecule has 16 nitrogen and oxygen atoms in total. The number of carbonyl (C=O) groups excluding carboxylic acids is 4. The summed E-state index contributed by atoms with van der Waals surface area (Å²) < 4.78 is 0. The molecule has 2 aliphatic rings. The maximum atomic E-state index is 12.3. The van der Waals surface area contributed by atoms with Gasteiger partial charge in [-0.25, -0.2) is 0 Å². The third-order valence-electron chi connectivity index (χ3n) is 11.2. The Hall–Kier alpha value is -5.08. The van der Waals surface area contributed by atoms with Crippen molar-refractivity contribution in [2.45, 2.75) is 101 Å². The van der Waals surface area contributed by atoms with Crippen molar-refractivity contribution in [2.24, 2.45) is 0 Å². The Kier molecular flexibility index (Phi) is 16.6. The molecule has 0 spiro atoms. The van der Waals surface area contributed by atoms with Crippen molar-refractivity contribution in [3.63, 3.8) is 0 Å². The Morgan fingerprint density at radius 1 is 0.397 bits per heavy atom. The second kappa shape index (κ2) is 23.5. The number of hydrogen-bond donors (Lipinski definition) is 4. The van der Waals surface area contributed by atoms with Crippen LogP contribution in [0.3, 0.4) is 0 Å². The van der Waals surface area contributed by atoms with Crippen LogP contribution in [0.2, 0.25) is 0 Å². The number of nitrogens with one attached hydrogen (secondary N) is 4. The Labute approximate surface area is 423 Å². The molecule has 2 aliphatic carbocycles. The summed E-state index contributed by atoms with van der Waals surface area (Å²) in [5.74, 6) is 0.812. The lowest BCUT2D eigenvalue weighted by molar-refractivity contribution is -0.116. The van der Waals surface area contributed by atoms with Crippen molar-refractivity contribution in [1.29, 1.82) is 0 Å². The van der Waals surface area contributed by atoms with E-state index in [9.17, 15) is 19.2 Å². The molecule has 0 aliphatic heterocycles. The zero-order chi connectivity index (χ0) is 46.7. The summed E-state index contributed by atoms with van der Waals surface area (Å²) in [5, 5.41) is 59.6. The maximum absolute atomic E-state index is 12.3. The third kappa shape index (κ3) is 13.6. The molecule has 8 heterocycles. The van der Waals surface area contributed by atoms with E-state index < -0.39 is 0 Å². The van der Waals surface area contributed by atoms with E-state index in [0.29, 0.717) is 46.2 Å². The number of anilines is 4. The molecule has 0 saturated heterocycles. The zero-order valence-corrected chi connectivity index (χ0v) is 42.7. The molecule has 68 heavy (non-hydrogen) atoms. The summed E-state index contributed by atoms with van der Waals surface area (Å²) in [5.41, 5.74) is 0. The van der Waals surface area contributed by atoms with Gasteiger partial charge in [-0.3, -0.25) is 19.2 Å². The lowest BCUT2D eigenvalue weighted by Gasteiger charge is -2.25. The zero-order valence-electron chi connectivity index (χ0n) is 36.2. The molecule has 8 aromatic heterocycles. The molecule has 8 aromatic rings. The molecule has 2 saturated carbocycles. The van der Waals surface area contributed by atoms with Crippen LogP contribution in [0.15, 0.2) is 70.1 Å². The Morgan fingerprint density at radius 3 is 0.868 bits per heavy atom. The Bertz CT molecular complexity index is 2470. The van der Waals surface area contributed by atoms with Crippen molar-refractivity contribution in [2.75, 3.05) is 21.3 Å². The summed E-state index contributed by atoms with van der Waals surface area (Å²) in [7, 11) is 0. The van der Waals surface area contributed by atoms with Gasteiger partial charge >= 0.3 is 0 Å². The predicted molar refractivity (Wildman–Crippen MR) is 274 cm³/mol. The van der Waals surface area contributed by atoms with E-state index in [2.05, 4.69) is 62.1 Å². The van der Waals surface area contributed by atoms with Gasteiger partial charge in [0, 0.05) is 43.2 Å². The number of amides is 4. The molecule has 2 fully saturated rings. The lowest BCUT2D eigenvalue weighted by Crippen LogP contribution is -2.13. The first kappa shape index (κ1) is 48.0. The topological polar surface area (TPSA) is 220 Å². The van der Waals surface area contributed by atoms with Gasteiger partial charge in [0.15, 0.2) is 0 Å². The number of nitrogens with zero attached hydrogens (tertiary/aromatic N) is 8. The fourth-order valence-corrected chi connectivity index (χ4v) is 14.5. The van der Waals surface area contributed by atoms with Gasteiger partial charge in [0.05, 0.1) is 25.7 Å². The van der Waals surface area contributed by atoms with Gasteiger partial charge < -0.3 is 21.3 Å². The summed E-state index contributed by atoms with van der Waals surface area (Å²) >= 11 is 12.1. The molecule has 4 N–H and O–H groups in total.